The molecule has 1 aromatic carbocycles. The Morgan fingerprint density at radius 1 is 1.41 bits per heavy atom. The summed E-state index contributed by atoms with van der Waals surface area (Å²) >= 11 is 0. The number of hydrogen-bond donors (Lipinski definition) is 0. The number of carbonyl (C=O) groups excluding carboxylic acids is 1. The number of rotatable bonds is 3. The summed E-state index contributed by atoms with van der Waals surface area (Å²) in [6, 6.07) is 7.22. The van der Waals surface area contributed by atoms with E-state index in [0.717, 1.165) is 5.39 Å². The second kappa shape index (κ2) is 4.91. The van der Waals surface area contributed by atoms with Crippen molar-refractivity contribution in [3.63, 3.8) is 0 Å². The molecule has 0 N–H and O–H groups in total. The quantitative estimate of drug-likeness (QED) is 0.765. The van der Waals surface area contributed by atoms with Crippen LogP contribution in [0.5, 0.6) is 0 Å². The van der Waals surface area contributed by atoms with Gasteiger partial charge in [-0.2, -0.15) is 0 Å². The Hall–Kier alpha value is -1.97. The number of esters is 1. The highest BCUT2D eigenvalue weighted by Crippen LogP contribution is 2.26. The summed E-state index contributed by atoms with van der Waals surface area (Å²) in [5.74, 6) is -0.870. The maximum Gasteiger partial charge on any atom is 0.345 e. The Bertz CT molecular complexity index is 536. The van der Waals surface area contributed by atoms with E-state index in [1.54, 1.807) is 25.3 Å². The smallest absolute Gasteiger partial charge is 0.345 e. The molecule has 2 rings (SSSR count). The largest absolute Gasteiger partial charge is 0.464 e. The number of nitrogens with zero attached hydrogens (tertiary/aromatic N) is 1. The minimum Gasteiger partial charge on any atom is -0.464 e. The Morgan fingerprint density at radius 3 is 2.94 bits per heavy atom. The van der Waals surface area contributed by atoms with Gasteiger partial charge in [0.1, 0.15) is 0 Å². The van der Waals surface area contributed by atoms with Gasteiger partial charge in [-0.15, -0.1) is 0 Å². The van der Waals surface area contributed by atoms with Crippen molar-refractivity contribution in [2.45, 2.75) is 13.1 Å². The van der Waals surface area contributed by atoms with Gasteiger partial charge in [0.25, 0.3) is 0 Å². The number of halogens is 1. The Labute approximate surface area is 98.2 Å². The van der Waals surface area contributed by atoms with Gasteiger partial charge in [0, 0.05) is 23.3 Å². The van der Waals surface area contributed by atoms with Gasteiger partial charge in [0.15, 0.2) is 0 Å². The monoisotopic (exact) mass is 233 g/mol. The zero-order chi connectivity index (χ0) is 12.3. The fourth-order valence-corrected chi connectivity index (χ4v) is 1.68. The molecule has 0 fully saturated rings. The van der Waals surface area contributed by atoms with E-state index in [-0.39, 0.29) is 12.2 Å². The SMILES string of the molecule is CCOC(=O)C(F)c1cncc2ccccc12. The van der Waals surface area contributed by atoms with Crippen LogP contribution in [0.25, 0.3) is 10.8 Å². The van der Waals surface area contributed by atoms with Crippen LogP contribution in [0.2, 0.25) is 0 Å². The predicted molar refractivity (Wildman–Crippen MR) is 62.2 cm³/mol. The number of fused-ring (bicyclic) bond motifs is 1. The first kappa shape index (κ1) is 11.5. The van der Waals surface area contributed by atoms with Crippen LogP contribution in [0, 0.1) is 0 Å². The lowest BCUT2D eigenvalue weighted by Gasteiger charge is -2.09. The molecular weight excluding hydrogens is 221 g/mol. The third-order valence-electron chi connectivity index (χ3n) is 2.47. The average molecular weight is 233 g/mol. The van der Waals surface area contributed by atoms with Gasteiger partial charge >= 0.3 is 5.97 Å². The second-order valence-corrected chi connectivity index (χ2v) is 3.56. The van der Waals surface area contributed by atoms with Crippen molar-refractivity contribution >= 4 is 16.7 Å². The molecule has 0 amide bonds. The minimum absolute atomic E-state index is 0.164. The summed E-state index contributed by atoms with van der Waals surface area (Å²) in [4.78, 5) is 15.3. The summed E-state index contributed by atoms with van der Waals surface area (Å²) in [6.45, 7) is 1.81. The number of benzene rings is 1. The van der Waals surface area contributed by atoms with Crippen LogP contribution >= 0.6 is 0 Å². The average Bonchev–Trinajstić information content (AvgIpc) is 2.37. The molecule has 0 bridgehead atoms. The van der Waals surface area contributed by atoms with Crippen LogP contribution in [0.3, 0.4) is 0 Å². The normalized spacial score (nSPS) is 12.4. The molecule has 88 valence electrons. The van der Waals surface area contributed by atoms with E-state index < -0.39 is 12.1 Å². The van der Waals surface area contributed by atoms with Crippen molar-refractivity contribution in [1.29, 1.82) is 0 Å². The molecule has 1 aromatic heterocycles. The van der Waals surface area contributed by atoms with Gasteiger partial charge in [-0.05, 0) is 12.3 Å². The lowest BCUT2D eigenvalue weighted by atomic mass is 10.0. The number of pyridine rings is 1. The van der Waals surface area contributed by atoms with Gasteiger partial charge in [0.2, 0.25) is 6.17 Å². The summed E-state index contributed by atoms with van der Waals surface area (Å²) in [6.07, 6.45) is 1.22. The molecule has 0 saturated heterocycles. The van der Waals surface area contributed by atoms with Crippen molar-refractivity contribution in [3.8, 4) is 0 Å². The first-order valence-corrected chi connectivity index (χ1v) is 5.37. The maximum atomic E-state index is 13.9. The second-order valence-electron chi connectivity index (χ2n) is 3.56. The molecule has 1 unspecified atom stereocenters. The molecule has 17 heavy (non-hydrogen) atoms. The van der Waals surface area contributed by atoms with Gasteiger partial charge in [-0.1, -0.05) is 24.3 Å². The standard InChI is InChI=1S/C13H12FNO2/c1-2-17-13(16)12(14)11-8-15-7-9-5-3-4-6-10(9)11/h3-8,12H,2H2,1H3. The van der Waals surface area contributed by atoms with E-state index in [2.05, 4.69) is 9.72 Å². The third kappa shape index (κ3) is 2.25. The number of aromatic nitrogens is 1. The molecular formula is C13H12FNO2. The number of carbonyl (C=O) groups is 1. The molecule has 0 saturated carbocycles. The van der Waals surface area contributed by atoms with Crippen LogP contribution in [0.4, 0.5) is 4.39 Å². The molecule has 2 aromatic rings. The van der Waals surface area contributed by atoms with Crippen LogP contribution < -0.4 is 0 Å². The zero-order valence-corrected chi connectivity index (χ0v) is 9.39. The fourth-order valence-electron chi connectivity index (χ4n) is 1.68. The molecule has 0 aliphatic rings. The fraction of sp³-hybridized carbons (Fsp3) is 0.231. The number of ether oxygens (including phenoxy) is 1. The van der Waals surface area contributed by atoms with E-state index in [4.69, 9.17) is 0 Å². The van der Waals surface area contributed by atoms with Crippen LogP contribution in [-0.4, -0.2) is 17.6 Å². The summed E-state index contributed by atoms with van der Waals surface area (Å²) in [7, 11) is 0. The Balaban J connectivity index is 2.44. The molecule has 0 radical (unpaired) electrons. The highest BCUT2D eigenvalue weighted by Gasteiger charge is 2.23. The minimum atomic E-state index is -1.78. The van der Waals surface area contributed by atoms with Crippen molar-refractivity contribution in [1.82, 2.24) is 4.98 Å². The molecule has 0 spiro atoms. The number of hydrogen-bond acceptors (Lipinski definition) is 3. The van der Waals surface area contributed by atoms with Crippen molar-refractivity contribution < 1.29 is 13.9 Å². The summed E-state index contributed by atoms with van der Waals surface area (Å²) < 4.78 is 18.6. The van der Waals surface area contributed by atoms with Crippen LogP contribution in [-0.2, 0) is 9.53 Å². The Kier molecular flexibility index (Phi) is 3.32. The van der Waals surface area contributed by atoms with Gasteiger partial charge in [0.05, 0.1) is 6.61 Å². The summed E-state index contributed by atoms with van der Waals surface area (Å²) in [5.41, 5.74) is 0.251. The first-order valence-electron chi connectivity index (χ1n) is 5.37. The molecule has 1 atom stereocenters. The van der Waals surface area contributed by atoms with Gasteiger partial charge in [-0.25, -0.2) is 9.18 Å². The lowest BCUT2D eigenvalue weighted by Crippen LogP contribution is -2.12. The van der Waals surface area contributed by atoms with E-state index in [1.165, 1.54) is 6.20 Å². The van der Waals surface area contributed by atoms with Crippen molar-refractivity contribution in [2.75, 3.05) is 6.61 Å². The van der Waals surface area contributed by atoms with E-state index >= 15 is 0 Å². The summed E-state index contributed by atoms with van der Waals surface area (Å²) in [5, 5.41) is 1.49. The molecule has 0 aliphatic carbocycles. The maximum absolute atomic E-state index is 13.9. The highest BCUT2D eigenvalue weighted by atomic mass is 19.1. The van der Waals surface area contributed by atoms with Crippen molar-refractivity contribution in [3.05, 3.63) is 42.2 Å². The van der Waals surface area contributed by atoms with Gasteiger partial charge < -0.3 is 4.74 Å². The first-order chi connectivity index (χ1) is 8.24. The van der Waals surface area contributed by atoms with Crippen LogP contribution in [0.1, 0.15) is 18.7 Å². The number of alkyl halides is 1. The predicted octanol–water partition coefficient (Wildman–Crippen LogP) is 2.81. The molecule has 0 aliphatic heterocycles. The molecule has 1 heterocycles. The zero-order valence-electron chi connectivity index (χ0n) is 9.39. The van der Waals surface area contributed by atoms with Gasteiger partial charge in [-0.3, -0.25) is 4.98 Å². The van der Waals surface area contributed by atoms with Crippen molar-refractivity contribution in [2.24, 2.45) is 0 Å². The lowest BCUT2D eigenvalue weighted by molar-refractivity contribution is -0.149. The van der Waals surface area contributed by atoms with Crippen LogP contribution in [0.15, 0.2) is 36.7 Å². The highest BCUT2D eigenvalue weighted by molar-refractivity contribution is 5.89. The third-order valence-corrected chi connectivity index (χ3v) is 2.47. The molecule has 3 nitrogen and oxygen atoms in total. The van der Waals surface area contributed by atoms with E-state index in [1.807, 2.05) is 12.1 Å². The van der Waals surface area contributed by atoms with E-state index in [9.17, 15) is 9.18 Å². The van der Waals surface area contributed by atoms with E-state index in [0.29, 0.717) is 5.39 Å². The Morgan fingerprint density at radius 2 is 2.18 bits per heavy atom. The molecule has 4 heteroatoms. The topological polar surface area (TPSA) is 39.2 Å².